The van der Waals surface area contributed by atoms with Crippen LogP contribution in [0.4, 0.5) is 0 Å². The number of nitrogens with zero attached hydrogens (tertiary/aromatic N) is 1. The molecule has 3 aromatic rings. The van der Waals surface area contributed by atoms with Crippen molar-refractivity contribution in [1.82, 2.24) is 10.2 Å². The molecule has 0 aromatic heterocycles. The Morgan fingerprint density at radius 2 is 1.31 bits per heavy atom. The largest absolute Gasteiger partial charge is 0.352 e. The molecular weight excluding hydrogens is 360 g/mol. The fraction of sp³-hybridized carbons (Fsp3) is 0.200. The molecule has 4 heteroatoms. The molecular formula is C25H26N2O2. The van der Waals surface area contributed by atoms with Crippen molar-refractivity contribution in [2.45, 2.75) is 19.4 Å². The second-order valence-corrected chi connectivity index (χ2v) is 7.07. The smallest absolute Gasteiger partial charge is 0.253 e. The third-order valence-corrected chi connectivity index (χ3v) is 4.77. The highest BCUT2D eigenvalue weighted by atomic mass is 16.2. The molecule has 0 heterocycles. The standard InChI is InChI=1S/C25H26N2O2/c1-27(19-21-11-6-3-7-12-21)25(29)23-16-14-22(15-17-23)24(28)26-18-8-13-20-9-4-2-5-10-20/h2-7,9-12,14-17H,8,13,18-19H2,1H3,(H,26,28). The van der Waals surface area contributed by atoms with E-state index >= 15 is 0 Å². The van der Waals surface area contributed by atoms with Crippen LogP contribution in [0.1, 0.15) is 38.3 Å². The molecule has 0 saturated carbocycles. The Bertz CT molecular complexity index is 922. The first-order valence-electron chi connectivity index (χ1n) is 9.85. The number of carbonyl (C=O) groups is 2. The van der Waals surface area contributed by atoms with Gasteiger partial charge in [-0.1, -0.05) is 60.7 Å². The van der Waals surface area contributed by atoms with Crippen molar-refractivity contribution in [2.24, 2.45) is 0 Å². The van der Waals surface area contributed by atoms with Gasteiger partial charge in [-0.2, -0.15) is 0 Å². The number of carbonyl (C=O) groups excluding carboxylic acids is 2. The van der Waals surface area contributed by atoms with Crippen molar-refractivity contribution in [1.29, 1.82) is 0 Å². The molecule has 0 saturated heterocycles. The number of amides is 2. The van der Waals surface area contributed by atoms with E-state index in [1.54, 1.807) is 36.2 Å². The highest BCUT2D eigenvalue weighted by Gasteiger charge is 2.13. The summed E-state index contributed by atoms with van der Waals surface area (Å²) < 4.78 is 0. The van der Waals surface area contributed by atoms with Gasteiger partial charge in [0.2, 0.25) is 0 Å². The maximum absolute atomic E-state index is 12.6. The van der Waals surface area contributed by atoms with Crippen LogP contribution < -0.4 is 5.32 Å². The first-order chi connectivity index (χ1) is 14.1. The second-order valence-electron chi connectivity index (χ2n) is 7.07. The first-order valence-corrected chi connectivity index (χ1v) is 9.85. The van der Waals surface area contributed by atoms with Crippen LogP contribution in [-0.4, -0.2) is 30.3 Å². The molecule has 148 valence electrons. The molecule has 0 unspecified atom stereocenters. The van der Waals surface area contributed by atoms with Crippen LogP contribution >= 0.6 is 0 Å². The highest BCUT2D eigenvalue weighted by molar-refractivity contribution is 5.97. The van der Waals surface area contributed by atoms with Gasteiger partial charge in [0.1, 0.15) is 0 Å². The van der Waals surface area contributed by atoms with E-state index in [4.69, 9.17) is 0 Å². The molecule has 0 bridgehead atoms. The molecule has 0 aliphatic heterocycles. The maximum atomic E-state index is 12.6. The Kier molecular flexibility index (Phi) is 7.17. The number of nitrogens with one attached hydrogen (secondary N) is 1. The van der Waals surface area contributed by atoms with Gasteiger partial charge in [-0.25, -0.2) is 0 Å². The third-order valence-electron chi connectivity index (χ3n) is 4.77. The van der Waals surface area contributed by atoms with Crippen LogP contribution in [0.25, 0.3) is 0 Å². The number of hydrogen-bond donors (Lipinski definition) is 1. The molecule has 29 heavy (non-hydrogen) atoms. The van der Waals surface area contributed by atoms with Crippen LogP contribution in [0.5, 0.6) is 0 Å². The van der Waals surface area contributed by atoms with Gasteiger partial charge in [-0.15, -0.1) is 0 Å². The zero-order valence-electron chi connectivity index (χ0n) is 16.7. The summed E-state index contributed by atoms with van der Waals surface area (Å²) in [5.74, 6) is -0.182. The zero-order chi connectivity index (χ0) is 20.5. The van der Waals surface area contributed by atoms with E-state index in [0.29, 0.717) is 24.2 Å². The predicted octanol–water partition coefficient (Wildman–Crippen LogP) is 4.32. The Morgan fingerprint density at radius 1 is 0.759 bits per heavy atom. The number of rotatable bonds is 8. The second kappa shape index (κ2) is 10.2. The summed E-state index contributed by atoms with van der Waals surface area (Å²) in [6.07, 6.45) is 1.82. The average molecular weight is 386 g/mol. The summed E-state index contributed by atoms with van der Waals surface area (Å²) in [4.78, 5) is 26.6. The van der Waals surface area contributed by atoms with Crippen LogP contribution in [0.15, 0.2) is 84.9 Å². The van der Waals surface area contributed by atoms with E-state index in [9.17, 15) is 9.59 Å². The predicted molar refractivity (Wildman–Crippen MR) is 116 cm³/mol. The highest BCUT2D eigenvalue weighted by Crippen LogP contribution is 2.10. The van der Waals surface area contributed by atoms with Crippen molar-refractivity contribution in [3.05, 3.63) is 107 Å². The van der Waals surface area contributed by atoms with Crippen LogP contribution in [0.2, 0.25) is 0 Å². The van der Waals surface area contributed by atoms with Crippen LogP contribution in [0, 0.1) is 0 Å². The van der Waals surface area contributed by atoms with Crippen molar-refractivity contribution < 1.29 is 9.59 Å². The first kappa shape index (κ1) is 20.3. The lowest BCUT2D eigenvalue weighted by Gasteiger charge is -2.17. The number of benzene rings is 3. The van der Waals surface area contributed by atoms with Gasteiger partial charge in [-0.3, -0.25) is 9.59 Å². The van der Waals surface area contributed by atoms with Crippen LogP contribution in [-0.2, 0) is 13.0 Å². The lowest BCUT2D eigenvalue weighted by atomic mass is 10.1. The Morgan fingerprint density at radius 3 is 1.93 bits per heavy atom. The number of aryl methyl sites for hydroxylation is 1. The molecule has 1 N–H and O–H groups in total. The van der Waals surface area contributed by atoms with E-state index in [0.717, 1.165) is 18.4 Å². The zero-order valence-corrected chi connectivity index (χ0v) is 16.7. The Balaban J connectivity index is 1.48. The topological polar surface area (TPSA) is 49.4 Å². The van der Waals surface area contributed by atoms with Gasteiger partial charge in [0, 0.05) is 31.3 Å². The van der Waals surface area contributed by atoms with Crippen molar-refractivity contribution in [3.8, 4) is 0 Å². The minimum absolute atomic E-state index is 0.0660. The molecule has 0 atom stereocenters. The third kappa shape index (κ3) is 6.04. The monoisotopic (exact) mass is 386 g/mol. The fourth-order valence-corrected chi connectivity index (χ4v) is 3.15. The van der Waals surface area contributed by atoms with E-state index in [1.165, 1.54) is 5.56 Å². The Hall–Kier alpha value is -3.40. The maximum Gasteiger partial charge on any atom is 0.253 e. The normalized spacial score (nSPS) is 10.4. The molecule has 2 amide bonds. The molecule has 0 radical (unpaired) electrons. The van der Waals surface area contributed by atoms with E-state index in [1.807, 2.05) is 48.5 Å². The lowest BCUT2D eigenvalue weighted by molar-refractivity contribution is 0.0784. The Labute approximate surface area is 172 Å². The lowest BCUT2D eigenvalue weighted by Crippen LogP contribution is -2.27. The van der Waals surface area contributed by atoms with E-state index in [-0.39, 0.29) is 11.8 Å². The molecule has 3 rings (SSSR count). The average Bonchev–Trinajstić information content (AvgIpc) is 2.77. The summed E-state index contributed by atoms with van der Waals surface area (Å²) in [6, 6.07) is 26.9. The molecule has 4 nitrogen and oxygen atoms in total. The van der Waals surface area contributed by atoms with Gasteiger partial charge in [0.05, 0.1) is 0 Å². The molecule has 0 aliphatic rings. The van der Waals surface area contributed by atoms with Gasteiger partial charge in [0.15, 0.2) is 0 Å². The van der Waals surface area contributed by atoms with Gasteiger partial charge in [0.25, 0.3) is 11.8 Å². The summed E-state index contributed by atoms with van der Waals surface area (Å²) >= 11 is 0. The minimum atomic E-state index is -0.116. The summed E-state index contributed by atoms with van der Waals surface area (Å²) in [5, 5.41) is 2.94. The van der Waals surface area contributed by atoms with Crippen molar-refractivity contribution >= 4 is 11.8 Å². The summed E-state index contributed by atoms with van der Waals surface area (Å²) in [5.41, 5.74) is 3.48. The minimum Gasteiger partial charge on any atom is -0.352 e. The molecule has 3 aromatic carbocycles. The molecule has 0 spiro atoms. The fourth-order valence-electron chi connectivity index (χ4n) is 3.15. The molecule has 0 fully saturated rings. The van der Waals surface area contributed by atoms with Gasteiger partial charge in [-0.05, 0) is 48.2 Å². The summed E-state index contributed by atoms with van der Waals surface area (Å²) in [6.45, 7) is 1.16. The van der Waals surface area contributed by atoms with Crippen molar-refractivity contribution in [3.63, 3.8) is 0 Å². The quantitative estimate of drug-likeness (QED) is 0.586. The van der Waals surface area contributed by atoms with Gasteiger partial charge >= 0.3 is 0 Å². The van der Waals surface area contributed by atoms with Crippen molar-refractivity contribution in [2.75, 3.05) is 13.6 Å². The number of hydrogen-bond acceptors (Lipinski definition) is 2. The molecule has 0 aliphatic carbocycles. The van der Waals surface area contributed by atoms with Gasteiger partial charge < -0.3 is 10.2 Å². The van der Waals surface area contributed by atoms with Crippen LogP contribution in [0.3, 0.4) is 0 Å². The SMILES string of the molecule is CN(Cc1ccccc1)C(=O)c1ccc(C(=O)NCCCc2ccccc2)cc1. The van der Waals surface area contributed by atoms with E-state index in [2.05, 4.69) is 17.4 Å². The summed E-state index contributed by atoms with van der Waals surface area (Å²) in [7, 11) is 1.78. The van der Waals surface area contributed by atoms with E-state index < -0.39 is 0 Å².